The molecule has 1 N–H and O–H groups in total. The molecule has 2 heterocycles. The van der Waals surface area contributed by atoms with Crippen molar-refractivity contribution in [2.24, 2.45) is 0 Å². The molecule has 0 aromatic carbocycles. The van der Waals surface area contributed by atoms with Gasteiger partial charge in [0.15, 0.2) is 0 Å². The van der Waals surface area contributed by atoms with E-state index in [1.54, 1.807) is 12.3 Å². The zero-order valence-corrected chi connectivity index (χ0v) is 11.5. The number of aliphatic hydroxyl groups excluding tert-OH is 1. The highest BCUT2D eigenvalue weighted by atomic mass is 35.5. The second-order valence-corrected chi connectivity index (χ2v) is 5.18. The summed E-state index contributed by atoms with van der Waals surface area (Å²) in [5, 5.41) is 9.62. The average Bonchev–Trinajstić information content (AvgIpc) is 2.88. The summed E-state index contributed by atoms with van der Waals surface area (Å²) < 4.78 is 0. The molecule has 0 atom stereocenters. The van der Waals surface area contributed by atoms with E-state index in [4.69, 9.17) is 16.7 Å². The number of aliphatic hydroxyl groups is 1. The van der Waals surface area contributed by atoms with E-state index in [0.717, 1.165) is 24.5 Å². The molecule has 0 unspecified atom stereocenters. The highest BCUT2D eigenvalue weighted by molar-refractivity contribution is 6.33. The molecule has 0 amide bonds. The van der Waals surface area contributed by atoms with Crippen LogP contribution in [0.25, 0.3) is 0 Å². The molecule has 4 nitrogen and oxygen atoms in total. The lowest BCUT2D eigenvalue weighted by Crippen LogP contribution is -2.31. The van der Waals surface area contributed by atoms with Crippen LogP contribution in [-0.4, -0.2) is 48.2 Å². The van der Waals surface area contributed by atoms with Crippen molar-refractivity contribution in [1.82, 2.24) is 9.88 Å². The molecule has 1 aromatic heterocycles. The van der Waals surface area contributed by atoms with Gasteiger partial charge in [-0.2, -0.15) is 0 Å². The van der Waals surface area contributed by atoms with Crippen molar-refractivity contribution in [3.8, 4) is 0 Å². The molecule has 1 saturated heterocycles. The first-order valence-electron chi connectivity index (χ1n) is 6.39. The number of anilines is 1. The van der Waals surface area contributed by atoms with Gasteiger partial charge < -0.3 is 14.9 Å². The van der Waals surface area contributed by atoms with E-state index in [-0.39, 0.29) is 6.61 Å². The van der Waals surface area contributed by atoms with Crippen LogP contribution in [0.5, 0.6) is 0 Å². The quantitative estimate of drug-likeness (QED) is 0.884. The number of aromatic nitrogens is 1. The van der Waals surface area contributed by atoms with E-state index >= 15 is 0 Å². The molecule has 1 aliphatic rings. The van der Waals surface area contributed by atoms with Crippen LogP contribution >= 0.6 is 11.6 Å². The minimum Gasteiger partial charge on any atom is -0.392 e. The van der Waals surface area contributed by atoms with Gasteiger partial charge >= 0.3 is 0 Å². The van der Waals surface area contributed by atoms with Crippen LogP contribution in [0.1, 0.15) is 18.4 Å². The number of halogens is 1. The van der Waals surface area contributed by atoms with Crippen molar-refractivity contribution in [3.05, 3.63) is 22.8 Å². The Morgan fingerprint density at radius 3 is 2.78 bits per heavy atom. The number of nitrogens with zero attached hydrogens (tertiary/aromatic N) is 3. The third-order valence-electron chi connectivity index (χ3n) is 3.37. The molecule has 1 aromatic rings. The van der Waals surface area contributed by atoms with E-state index in [9.17, 15) is 0 Å². The summed E-state index contributed by atoms with van der Waals surface area (Å²) in [4.78, 5) is 8.85. The van der Waals surface area contributed by atoms with Gasteiger partial charge in [-0.15, -0.1) is 0 Å². The maximum absolute atomic E-state index is 9.02. The zero-order valence-electron chi connectivity index (χ0n) is 10.8. The van der Waals surface area contributed by atoms with Gasteiger partial charge in [-0.1, -0.05) is 11.6 Å². The normalized spacial score (nSPS) is 16.2. The summed E-state index contributed by atoms with van der Waals surface area (Å²) in [6.45, 7) is 4.36. The molecule has 18 heavy (non-hydrogen) atoms. The lowest BCUT2D eigenvalue weighted by molar-refractivity contribution is 0.281. The molecule has 0 spiro atoms. The van der Waals surface area contributed by atoms with Crippen LogP contribution in [0.3, 0.4) is 0 Å². The first-order chi connectivity index (χ1) is 8.70. The average molecular weight is 270 g/mol. The fourth-order valence-corrected chi connectivity index (χ4v) is 2.57. The number of hydrogen-bond donors (Lipinski definition) is 1. The molecule has 0 radical (unpaired) electrons. The minimum atomic E-state index is -0.0233. The van der Waals surface area contributed by atoms with Crippen molar-refractivity contribution < 1.29 is 5.11 Å². The lowest BCUT2D eigenvalue weighted by Gasteiger charge is -2.23. The monoisotopic (exact) mass is 269 g/mol. The summed E-state index contributed by atoms with van der Waals surface area (Å²) in [5.41, 5.74) is 0.747. The number of hydrogen-bond acceptors (Lipinski definition) is 4. The Morgan fingerprint density at radius 2 is 2.17 bits per heavy atom. The Hall–Kier alpha value is -0.840. The maximum Gasteiger partial charge on any atom is 0.147 e. The van der Waals surface area contributed by atoms with Crippen LogP contribution in [0.4, 0.5) is 5.82 Å². The first-order valence-corrected chi connectivity index (χ1v) is 6.77. The fraction of sp³-hybridized carbons (Fsp3) is 0.615. The molecular formula is C13H20ClN3O. The third kappa shape index (κ3) is 3.34. The SMILES string of the molecule is CN(CCN1CCCC1)c1ncc(CO)cc1Cl. The molecule has 0 saturated carbocycles. The second kappa shape index (κ2) is 6.36. The van der Waals surface area contributed by atoms with Crippen LogP contribution in [0.15, 0.2) is 12.3 Å². The van der Waals surface area contributed by atoms with Crippen molar-refractivity contribution in [2.45, 2.75) is 19.4 Å². The fourth-order valence-electron chi connectivity index (χ4n) is 2.24. The van der Waals surface area contributed by atoms with Crippen molar-refractivity contribution in [3.63, 3.8) is 0 Å². The topological polar surface area (TPSA) is 39.6 Å². The van der Waals surface area contributed by atoms with Gasteiger partial charge in [0.05, 0.1) is 11.6 Å². The predicted molar refractivity (Wildman–Crippen MR) is 74.1 cm³/mol. The van der Waals surface area contributed by atoms with Gasteiger partial charge in [-0.05, 0) is 37.6 Å². The molecule has 0 aliphatic carbocycles. The molecular weight excluding hydrogens is 250 g/mol. The third-order valence-corrected chi connectivity index (χ3v) is 3.65. The number of pyridine rings is 1. The van der Waals surface area contributed by atoms with Crippen molar-refractivity contribution in [2.75, 3.05) is 38.1 Å². The van der Waals surface area contributed by atoms with Gasteiger partial charge in [0.1, 0.15) is 5.82 Å². The van der Waals surface area contributed by atoms with Crippen molar-refractivity contribution >= 4 is 17.4 Å². The van der Waals surface area contributed by atoms with E-state index < -0.39 is 0 Å². The van der Waals surface area contributed by atoms with E-state index in [0.29, 0.717) is 5.02 Å². The van der Waals surface area contributed by atoms with Crippen LogP contribution in [0.2, 0.25) is 5.02 Å². The van der Waals surface area contributed by atoms with Crippen LogP contribution < -0.4 is 4.90 Å². The van der Waals surface area contributed by atoms with Gasteiger partial charge in [0, 0.05) is 26.3 Å². The van der Waals surface area contributed by atoms with Gasteiger partial charge in [-0.3, -0.25) is 0 Å². The maximum atomic E-state index is 9.02. The highest BCUT2D eigenvalue weighted by Crippen LogP contribution is 2.23. The first kappa shape index (κ1) is 13.6. The Bertz CT molecular complexity index is 394. The Kier molecular flexibility index (Phi) is 4.80. The largest absolute Gasteiger partial charge is 0.392 e. The Labute approximate surface area is 113 Å². The number of likely N-dealkylation sites (N-methyl/N-ethyl adjacent to an activating group) is 1. The van der Waals surface area contributed by atoms with Gasteiger partial charge in [0.25, 0.3) is 0 Å². The molecule has 1 aliphatic heterocycles. The molecule has 100 valence electrons. The standard InChI is InChI=1S/C13H20ClN3O/c1-16(6-7-17-4-2-3-5-17)13-12(14)8-11(10-18)9-15-13/h8-9,18H,2-7,10H2,1H3. The van der Waals surface area contributed by atoms with Gasteiger partial charge in [-0.25, -0.2) is 4.98 Å². The zero-order chi connectivity index (χ0) is 13.0. The molecule has 0 bridgehead atoms. The summed E-state index contributed by atoms with van der Waals surface area (Å²) >= 11 is 6.17. The second-order valence-electron chi connectivity index (χ2n) is 4.78. The summed E-state index contributed by atoms with van der Waals surface area (Å²) in [6, 6.07) is 1.77. The van der Waals surface area contributed by atoms with Gasteiger partial charge in [0.2, 0.25) is 0 Å². The Balaban J connectivity index is 1.93. The van der Waals surface area contributed by atoms with Crippen molar-refractivity contribution in [1.29, 1.82) is 0 Å². The number of likely N-dealkylation sites (tertiary alicyclic amines) is 1. The molecule has 1 fully saturated rings. The van der Waals surface area contributed by atoms with E-state index in [2.05, 4.69) is 14.8 Å². The summed E-state index contributed by atoms with van der Waals surface area (Å²) in [6.07, 6.45) is 4.30. The van der Waals surface area contributed by atoms with E-state index in [1.165, 1.54) is 25.9 Å². The molecule has 5 heteroatoms. The number of rotatable bonds is 5. The Morgan fingerprint density at radius 1 is 1.44 bits per heavy atom. The van der Waals surface area contributed by atoms with Crippen LogP contribution in [0, 0.1) is 0 Å². The summed E-state index contributed by atoms with van der Waals surface area (Å²) in [7, 11) is 2.00. The summed E-state index contributed by atoms with van der Waals surface area (Å²) in [5.74, 6) is 0.785. The highest BCUT2D eigenvalue weighted by Gasteiger charge is 2.13. The van der Waals surface area contributed by atoms with E-state index in [1.807, 2.05) is 7.05 Å². The smallest absolute Gasteiger partial charge is 0.147 e. The minimum absolute atomic E-state index is 0.0233. The lowest BCUT2D eigenvalue weighted by atomic mass is 10.3. The molecule has 2 rings (SSSR count). The van der Waals surface area contributed by atoms with Crippen LogP contribution in [-0.2, 0) is 6.61 Å². The predicted octanol–water partition coefficient (Wildman–Crippen LogP) is 1.76.